The predicted molar refractivity (Wildman–Crippen MR) is 80.9 cm³/mol. The molecule has 0 radical (unpaired) electrons. The molecule has 1 fully saturated rings. The van der Waals surface area contributed by atoms with E-state index in [1.54, 1.807) is 11.3 Å². The van der Waals surface area contributed by atoms with Crippen LogP contribution in [0.2, 0.25) is 0 Å². The Labute approximate surface area is 124 Å². The lowest BCUT2D eigenvalue weighted by atomic mass is 9.98. The van der Waals surface area contributed by atoms with Crippen molar-refractivity contribution in [3.05, 3.63) is 15.6 Å². The van der Waals surface area contributed by atoms with Crippen molar-refractivity contribution >= 4 is 17.2 Å². The van der Waals surface area contributed by atoms with Crippen molar-refractivity contribution in [1.29, 1.82) is 0 Å². The summed E-state index contributed by atoms with van der Waals surface area (Å²) in [5.41, 5.74) is 1.06. The van der Waals surface area contributed by atoms with Crippen molar-refractivity contribution in [3.63, 3.8) is 0 Å². The Bertz CT molecular complexity index is 439. The van der Waals surface area contributed by atoms with Crippen LogP contribution >= 0.6 is 11.3 Å². The highest BCUT2D eigenvalue weighted by Gasteiger charge is 2.17. The molecule has 1 aromatic rings. The molecule has 20 heavy (non-hydrogen) atoms. The van der Waals surface area contributed by atoms with E-state index in [4.69, 9.17) is 4.74 Å². The van der Waals surface area contributed by atoms with E-state index in [0.29, 0.717) is 18.9 Å². The van der Waals surface area contributed by atoms with Gasteiger partial charge in [-0.3, -0.25) is 4.79 Å². The van der Waals surface area contributed by atoms with Gasteiger partial charge in [0.1, 0.15) is 0 Å². The summed E-state index contributed by atoms with van der Waals surface area (Å²) in [7, 11) is 0. The third-order valence-electron chi connectivity index (χ3n) is 3.58. The number of carbonyl (C=O) groups is 1. The SMILES string of the molecule is CCCc1nc(C)c(CNC(=O)C[C@H]2CCCOC2)s1. The van der Waals surface area contributed by atoms with Gasteiger partial charge in [-0.15, -0.1) is 11.3 Å². The highest BCUT2D eigenvalue weighted by atomic mass is 32.1. The van der Waals surface area contributed by atoms with Crippen molar-refractivity contribution in [2.45, 2.75) is 52.5 Å². The summed E-state index contributed by atoms with van der Waals surface area (Å²) in [5.74, 6) is 0.521. The Kier molecular flexibility index (Phi) is 5.98. The van der Waals surface area contributed by atoms with Crippen LogP contribution in [0.15, 0.2) is 0 Å². The van der Waals surface area contributed by atoms with Gasteiger partial charge in [-0.2, -0.15) is 0 Å². The molecule has 1 aliphatic rings. The second-order valence-electron chi connectivity index (χ2n) is 5.43. The van der Waals surface area contributed by atoms with Gasteiger partial charge in [0.05, 0.1) is 17.2 Å². The lowest BCUT2D eigenvalue weighted by molar-refractivity contribution is -0.123. The fourth-order valence-electron chi connectivity index (χ4n) is 2.45. The quantitative estimate of drug-likeness (QED) is 0.878. The van der Waals surface area contributed by atoms with E-state index in [1.807, 2.05) is 6.92 Å². The zero-order valence-corrected chi connectivity index (χ0v) is 13.2. The number of aromatic nitrogens is 1. The number of amides is 1. The van der Waals surface area contributed by atoms with E-state index < -0.39 is 0 Å². The highest BCUT2D eigenvalue weighted by molar-refractivity contribution is 7.11. The average Bonchev–Trinajstić information content (AvgIpc) is 2.78. The second kappa shape index (κ2) is 7.74. The van der Waals surface area contributed by atoms with E-state index in [1.165, 1.54) is 9.88 Å². The number of aryl methyl sites for hydroxylation is 2. The Hall–Kier alpha value is -0.940. The Balaban J connectivity index is 1.77. The van der Waals surface area contributed by atoms with Crippen LogP contribution in [0.5, 0.6) is 0 Å². The molecule has 2 rings (SSSR count). The Morgan fingerprint density at radius 3 is 3.10 bits per heavy atom. The first-order valence-electron chi connectivity index (χ1n) is 7.48. The number of hydrogen-bond donors (Lipinski definition) is 1. The summed E-state index contributed by atoms with van der Waals surface area (Å²) in [4.78, 5) is 17.7. The van der Waals surface area contributed by atoms with Crippen molar-refractivity contribution in [2.75, 3.05) is 13.2 Å². The van der Waals surface area contributed by atoms with Crippen molar-refractivity contribution < 1.29 is 9.53 Å². The van der Waals surface area contributed by atoms with Gasteiger partial charge in [-0.25, -0.2) is 4.98 Å². The number of hydrogen-bond acceptors (Lipinski definition) is 4. The van der Waals surface area contributed by atoms with Crippen LogP contribution in [0.25, 0.3) is 0 Å². The lowest BCUT2D eigenvalue weighted by Gasteiger charge is -2.21. The summed E-state index contributed by atoms with van der Waals surface area (Å²) in [5, 5.41) is 4.19. The first kappa shape index (κ1) is 15.4. The van der Waals surface area contributed by atoms with Gasteiger partial charge >= 0.3 is 0 Å². The van der Waals surface area contributed by atoms with Gasteiger partial charge in [0.2, 0.25) is 5.91 Å². The lowest BCUT2D eigenvalue weighted by Crippen LogP contribution is -2.28. The molecule has 1 N–H and O–H groups in total. The molecular formula is C15H24N2O2S. The van der Waals surface area contributed by atoms with Crippen LogP contribution < -0.4 is 5.32 Å². The molecule has 4 nitrogen and oxygen atoms in total. The zero-order valence-electron chi connectivity index (χ0n) is 12.4. The number of ether oxygens (including phenoxy) is 1. The normalized spacial score (nSPS) is 19.0. The summed E-state index contributed by atoms with van der Waals surface area (Å²) < 4.78 is 5.41. The minimum absolute atomic E-state index is 0.130. The van der Waals surface area contributed by atoms with E-state index in [0.717, 1.165) is 44.6 Å². The van der Waals surface area contributed by atoms with Gasteiger partial charge in [0, 0.05) is 24.5 Å². The summed E-state index contributed by atoms with van der Waals surface area (Å²) >= 11 is 1.72. The van der Waals surface area contributed by atoms with Crippen LogP contribution in [0.3, 0.4) is 0 Å². The number of rotatable bonds is 6. The van der Waals surface area contributed by atoms with Gasteiger partial charge in [-0.1, -0.05) is 6.92 Å². The molecule has 5 heteroatoms. The Morgan fingerprint density at radius 2 is 2.40 bits per heavy atom. The second-order valence-corrected chi connectivity index (χ2v) is 6.60. The fraction of sp³-hybridized carbons (Fsp3) is 0.733. The molecule has 1 aliphatic heterocycles. The maximum Gasteiger partial charge on any atom is 0.220 e. The standard InChI is InChI=1S/C15H24N2O2S/c1-3-5-15-17-11(2)13(20-15)9-16-14(18)8-12-6-4-7-19-10-12/h12H,3-10H2,1-2H3,(H,16,18)/t12-/m1/s1. The molecule has 1 saturated heterocycles. The summed E-state index contributed by atoms with van der Waals surface area (Å²) in [6, 6.07) is 0. The molecule has 112 valence electrons. The first-order valence-corrected chi connectivity index (χ1v) is 8.30. The molecule has 0 saturated carbocycles. The molecular weight excluding hydrogens is 272 g/mol. The van der Waals surface area contributed by atoms with Gasteiger partial charge < -0.3 is 10.1 Å². The molecule has 0 spiro atoms. The van der Waals surface area contributed by atoms with Crippen molar-refractivity contribution in [1.82, 2.24) is 10.3 Å². The van der Waals surface area contributed by atoms with Gasteiger partial charge in [0.15, 0.2) is 0 Å². The maximum atomic E-state index is 11.9. The molecule has 1 aromatic heterocycles. The minimum atomic E-state index is 0.130. The van der Waals surface area contributed by atoms with Gasteiger partial charge in [-0.05, 0) is 38.5 Å². The van der Waals surface area contributed by atoms with Crippen LogP contribution in [-0.2, 0) is 22.5 Å². The van der Waals surface area contributed by atoms with Crippen LogP contribution in [-0.4, -0.2) is 24.1 Å². The molecule has 1 atom stereocenters. The average molecular weight is 296 g/mol. The minimum Gasteiger partial charge on any atom is -0.381 e. The van der Waals surface area contributed by atoms with Gasteiger partial charge in [0.25, 0.3) is 0 Å². The number of nitrogens with zero attached hydrogens (tertiary/aromatic N) is 1. The van der Waals surface area contributed by atoms with E-state index in [2.05, 4.69) is 17.2 Å². The molecule has 0 unspecified atom stereocenters. The molecule has 2 heterocycles. The van der Waals surface area contributed by atoms with E-state index in [-0.39, 0.29) is 5.91 Å². The van der Waals surface area contributed by atoms with Crippen LogP contribution in [0, 0.1) is 12.8 Å². The van der Waals surface area contributed by atoms with E-state index in [9.17, 15) is 4.79 Å². The van der Waals surface area contributed by atoms with Crippen molar-refractivity contribution in [3.8, 4) is 0 Å². The summed E-state index contributed by atoms with van der Waals surface area (Å²) in [6.07, 6.45) is 4.90. The smallest absolute Gasteiger partial charge is 0.220 e. The van der Waals surface area contributed by atoms with Crippen LogP contribution in [0.1, 0.15) is 48.2 Å². The molecule has 0 bridgehead atoms. The topological polar surface area (TPSA) is 51.2 Å². The number of thiazole rings is 1. The monoisotopic (exact) mass is 296 g/mol. The highest BCUT2D eigenvalue weighted by Crippen LogP contribution is 2.20. The van der Waals surface area contributed by atoms with Crippen LogP contribution in [0.4, 0.5) is 0 Å². The third-order valence-corrected chi connectivity index (χ3v) is 4.79. The predicted octanol–water partition coefficient (Wildman–Crippen LogP) is 2.84. The number of carbonyl (C=O) groups excluding carboxylic acids is 1. The maximum absolute atomic E-state index is 11.9. The molecule has 0 aliphatic carbocycles. The molecule has 1 amide bonds. The largest absolute Gasteiger partial charge is 0.381 e. The number of nitrogens with one attached hydrogen (secondary N) is 1. The van der Waals surface area contributed by atoms with Crippen molar-refractivity contribution in [2.24, 2.45) is 5.92 Å². The van der Waals surface area contributed by atoms with E-state index >= 15 is 0 Å². The zero-order chi connectivity index (χ0) is 14.4. The first-order chi connectivity index (χ1) is 9.69. The summed E-state index contributed by atoms with van der Waals surface area (Å²) in [6.45, 7) is 6.36. The Morgan fingerprint density at radius 1 is 1.55 bits per heavy atom. The molecule has 0 aromatic carbocycles. The fourth-order valence-corrected chi connectivity index (χ4v) is 3.57. The third kappa shape index (κ3) is 4.56.